The van der Waals surface area contributed by atoms with Crippen molar-refractivity contribution in [3.8, 4) is 18.3 Å². The summed E-state index contributed by atoms with van der Waals surface area (Å²) >= 11 is 0. The summed E-state index contributed by atoms with van der Waals surface area (Å²) < 4.78 is 5.03. The lowest BCUT2D eigenvalue weighted by molar-refractivity contribution is 0.0696. The van der Waals surface area contributed by atoms with Crippen LogP contribution in [-0.4, -0.2) is 17.6 Å². The molecule has 0 saturated carbocycles. The molecule has 0 spiro atoms. The molecule has 0 aliphatic heterocycles. The number of nitrogens with two attached hydrogens (primary N) is 1. The van der Waals surface area contributed by atoms with E-state index in [-0.39, 0.29) is 5.56 Å². The van der Waals surface area contributed by atoms with Crippen molar-refractivity contribution in [2.45, 2.75) is 19.8 Å². The molecule has 0 heterocycles. The third-order valence-electron chi connectivity index (χ3n) is 2.48. The molecule has 1 aromatic rings. The first kappa shape index (κ1) is 13.1. The maximum atomic E-state index is 10.9. The summed E-state index contributed by atoms with van der Waals surface area (Å²) in [6.45, 7) is 2.40. The molecule has 0 atom stereocenters. The van der Waals surface area contributed by atoms with E-state index in [0.717, 1.165) is 24.0 Å². The minimum Gasteiger partial charge on any atom is -0.478 e. The number of hydrogen-bond donors (Lipinski definition) is 2. The van der Waals surface area contributed by atoms with Crippen LogP contribution >= 0.6 is 0 Å². The number of ether oxygens (including phenoxy) is 1. The fourth-order valence-corrected chi connectivity index (χ4v) is 1.66. The van der Waals surface area contributed by atoms with Crippen LogP contribution in [0.4, 0.5) is 0 Å². The molecule has 1 rings (SSSR count). The van der Waals surface area contributed by atoms with Crippen LogP contribution in [0, 0.1) is 19.5 Å². The molecule has 0 fully saturated rings. The van der Waals surface area contributed by atoms with Gasteiger partial charge < -0.3 is 15.6 Å². The zero-order valence-electron chi connectivity index (χ0n) is 9.69. The van der Waals surface area contributed by atoms with E-state index in [4.69, 9.17) is 22.0 Å². The summed E-state index contributed by atoms with van der Waals surface area (Å²) in [6.07, 6.45) is 8.68. The van der Waals surface area contributed by atoms with E-state index in [1.165, 1.54) is 6.07 Å². The molecule has 0 aromatic heterocycles. The first-order chi connectivity index (χ1) is 8.10. The smallest absolute Gasteiger partial charge is 0.335 e. The van der Waals surface area contributed by atoms with Gasteiger partial charge in [0.15, 0.2) is 0 Å². The van der Waals surface area contributed by atoms with Gasteiger partial charge in [-0.1, -0.05) is 6.42 Å². The van der Waals surface area contributed by atoms with Crippen LogP contribution in [0.25, 0.3) is 0 Å². The van der Waals surface area contributed by atoms with Crippen LogP contribution in [0.5, 0.6) is 5.75 Å². The Hall–Kier alpha value is -1.99. The fraction of sp³-hybridized carbons (Fsp3) is 0.308. The summed E-state index contributed by atoms with van der Waals surface area (Å²) in [5, 5.41) is 8.94. The van der Waals surface area contributed by atoms with Gasteiger partial charge in [0.05, 0.1) is 5.56 Å². The molecular formula is C13H15NO3. The monoisotopic (exact) mass is 233 g/mol. The van der Waals surface area contributed by atoms with Gasteiger partial charge in [0.25, 0.3) is 0 Å². The van der Waals surface area contributed by atoms with Crippen molar-refractivity contribution in [2.24, 2.45) is 5.73 Å². The summed E-state index contributed by atoms with van der Waals surface area (Å²) in [5.41, 5.74) is 7.39. The van der Waals surface area contributed by atoms with Gasteiger partial charge in [-0.25, -0.2) is 4.79 Å². The topological polar surface area (TPSA) is 72.5 Å². The van der Waals surface area contributed by atoms with Gasteiger partial charge in [-0.3, -0.25) is 0 Å². The van der Waals surface area contributed by atoms with E-state index >= 15 is 0 Å². The van der Waals surface area contributed by atoms with E-state index in [2.05, 4.69) is 6.11 Å². The van der Waals surface area contributed by atoms with Crippen LogP contribution < -0.4 is 10.5 Å². The second-order valence-corrected chi connectivity index (χ2v) is 3.69. The largest absolute Gasteiger partial charge is 0.478 e. The Morgan fingerprint density at radius 2 is 2.29 bits per heavy atom. The van der Waals surface area contributed by atoms with Crippen LogP contribution in [0.15, 0.2) is 12.1 Å². The highest BCUT2D eigenvalue weighted by atomic mass is 16.5. The number of hydrogen-bond acceptors (Lipinski definition) is 3. The Bertz CT molecular complexity index is 460. The van der Waals surface area contributed by atoms with E-state index < -0.39 is 5.97 Å². The molecule has 0 aliphatic carbocycles. The van der Waals surface area contributed by atoms with Gasteiger partial charge in [-0.05, 0) is 49.6 Å². The highest BCUT2D eigenvalue weighted by molar-refractivity contribution is 5.88. The highest BCUT2D eigenvalue weighted by Gasteiger charge is 2.12. The predicted octanol–water partition coefficient (Wildman–Crippen LogP) is 1.55. The molecule has 4 nitrogen and oxygen atoms in total. The average molecular weight is 233 g/mol. The summed E-state index contributed by atoms with van der Waals surface area (Å²) in [6, 6.07) is 3.05. The lowest BCUT2D eigenvalue weighted by Gasteiger charge is -2.11. The Morgan fingerprint density at radius 3 is 2.82 bits per heavy atom. The van der Waals surface area contributed by atoms with Crippen LogP contribution in [0.3, 0.4) is 0 Å². The van der Waals surface area contributed by atoms with Gasteiger partial charge in [0.2, 0.25) is 0 Å². The molecule has 0 amide bonds. The number of carboxylic acid groups (broad SMARTS) is 1. The van der Waals surface area contributed by atoms with E-state index in [9.17, 15) is 4.79 Å². The third kappa shape index (κ3) is 3.23. The minimum atomic E-state index is -1.000. The molecule has 3 N–H and O–H groups in total. The van der Waals surface area contributed by atoms with Crippen molar-refractivity contribution in [1.29, 1.82) is 0 Å². The molecule has 17 heavy (non-hydrogen) atoms. The molecule has 4 heteroatoms. The second-order valence-electron chi connectivity index (χ2n) is 3.69. The van der Waals surface area contributed by atoms with E-state index in [1.54, 1.807) is 6.07 Å². The average Bonchev–Trinajstić information content (AvgIpc) is 2.28. The standard InChI is InChI=1S/C13H15NO3/c1-3-17-12-8-10(13(15)16)7-9(2)11(12)5-4-6-14/h1,7-8H,4-6,14H2,2H3,(H,15,16). The SMILES string of the molecule is C#COc1cc(C(=O)O)cc(C)c1CCCN. The van der Waals surface area contributed by atoms with Crippen molar-refractivity contribution in [3.05, 3.63) is 28.8 Å². The molecule has 0 radical (unpaired) electrons. The first-order valence-corrected chi connectivity index (χ1v) is 5.29. The Balaban J connectivity index is 3.18. The number of aromatic carboxylic acids is 1. The van der Waals surface area contributed by atoms with Crippen molar-refractivity contribution >= 4 is 5.97 Å². The quantitative estimate of drug-likeness (QED) is 0.757. The number of aryl methyl sites for hydroxylation is 1. The number of terminal acetylenes is 1. The van der Waals surface area contributed by atoms with Gasteiger partial charge in [-0.2, -0.15) is 0 Å². The van der Waals surface area contributed by atoms with Crippen molar-refractivity contribution < 1.29 is 14.6 Å². The molecular weight excluding hydrogens is 218 g/mol. The van der Waals surface area contributed by atoms with Gasteiger partial charge in [0, 0.05) is 0 Å². The number of carboxylic acids is 1. The van der Waals surface area contributed by atoms with Crippen molar-refractivity contribution in [3.63, 3.8) is 0 Å². The Labute approximate surface area is 100 Å². The summed E-state index contributed by atoms with van der Waals surface area (Å²) in [5.74, 6) is -0.571. The second kappa shape index (κ2) is 5.92. The minimum absolute atomic E-state index is 0.171. The third-order valence-corrected chi connectivity index (χ3v) is 2.48. The molecule has 90 valence electrons. The van der Waals surface area contributed by atoms with Gasteiger partial charge in [-0.15, -0.1) is 0 Å². The predicted molar refractivity (Wildman–Crippen MR) is 65.0 cm³/mol. The summed E-state index contributed by atoms with van der Waals surface area (Å²) in [7, 11) is 0. The van der Waals surface area contributed by atoms with E-state index in [1.807, 2.05) is 6.92 Å². The molecule has 0 saturated heterocycles. The molecule has 1 aromatic carbocycles. The zero-order chi connectivity index (χ0) is 12.8. The van der Waals surface area contributed by atoms with Crippen molar-refractivity contribution in [2.75, 3.05) is 6.54 Å². The first-order valence-electron chi connectivity index (χ1n) is 5.29. The van der Waals surface area contributed by atoms with Crippen LogP contribution in [-0.2, 0) is 6.42 Å². The molecule has 0 unspecified atom stereocenters. The Morgan fingerprint density at radius 1 is 1.59 bits per heavy atom. The number of carbonyl (C=O) groups is 1. The summed E-state index contributed by atoms with van der Waals surface area (Å²) in [4.78, 5) is 10.9. The van der Waals surface area contributed by atoms with Gasteiger partial charge in [0.1, 0.15) is 11.9 Å². The van der Waals surface area contributed by atoms with Crippen molar-refractivity contribution in [1.82, 2.24) is 0 Å². The number of benzene rings is 1. The normalized spacial score (nSPS) is 9.71. The zero-order valence-corrected chi connectivity index (χ0v) is 9.69. The molecule has 0 bridgehead atoms. The highest BCUT2D eigenvalue weighted by Crippen LogP contribution is 2.26. The lowest BCUT2D eigenvalue weighted by atomic mass is 9.99. The number of rotatable bonds is 5. The lowest BCUT2D eigenvalue weighted by Crippen LogP contribution is -2.05. The Kier molecular flexibility index (Phi) is 4.56. The van der Waals surface area contributed by atoms with Crippen LogP contribution in [0.1, 0.15) is 27.9 Å². The maximum Gasteiger partial charge on any atom is 0.335 e. The molecule has 0 aliphatic rings. The van der Waals surface area contributed by atoms with E-state index in [0.29, 0.717) is 12.3 Å². The van der Waals surface area contributed by atoms with Gasteiger partial charge >= 0.3 is 5.97 Å². The van der Waals surface area contributed by atoms with Crippen LogP contribution in [0.2, 0.25) is 0 Å². The fourth-order valence-electron chi connectivity index (χ4n) is 1.66. The maximum absolute atomic E-state index is 10.9.